The van der Waals surface area contributed by atoms with Crippen LogP contribution in [0.1, 0.15) is 5.56 Å². The maximum atomic E-state index is 8.27. The lowest BCUT2D eigenvalue weighted by atomic mass is 10.2. The lowest BCUT2D eigenvalue weighted by Gasteiger charge is -1.97. The molecule has 1 radical (unpaired) electrons. The van der Waals surface area contributed by atoms with Gasteiger partial charge in [0.05, 0.1) is 0 Å². The smallest absolute Gasteiger partial charge is 0.144 e. The van der Waals surface area contributed by atoms with Crippen molar-refractivity contribution in [2.24, 2.45) is 0 Å². The molecule has 1 N–H and O–H groups in total. The van der Waals surface area contributed by atoms with E-state index in [2.05, 4.69) is 4.74 Å². The third-order valence-electron chi connectivity index (χ3n) is 1.09. The molecule has 0 aliphatic carbocycles. The van der Waals surface area contributed by atoms with E-state index >= 15 is 0 Å². The summed E-state index contributed by atoms with van der Waals surface area (Å²) in [6, 6.07) is 9.54. The van der Waals surface area contributed by atoms with Crippen LogP contribution in [0.4, 0.5) is 0 Å². The largest absolute Gasteiger partial charge is 0.371 e. The summed E-state index contributed by atoms with van der Waals surface area (Å²) in [4.78, 5) is 0. The van der Waals surface area contributed by atoms with Gasteiger partial charge < -0.3 is 9.84 Å². The Hall–Kier alpha value is -0.860. The standard InChI is InChI=1S/C8H9O2/c9-7-10-6-8-4-2-1-3-5-8/h1-6,9H,7H2. The topological polar surface area (TPSA) is 29.5 Å². The monoisotopic (exact) mass is 137 g/mol. The average molecular weight is 137 g/mol. The summed E-state index contributed by atoms with van der Waals surface area (Å²) in [5.74, 6) is 0. The number of aliphatic hydroxyl groups excluding tert-OH is 1. The first kappa shape index (κ1) is 7.25. The van der Waals surface area contributed by atoms with Crippen LogP contribution < -0.4 is 0 Å². The normalized spacial score (nSPS) is 9.70. The average Bonchev–Trinajstić information content (AvgIpc) is 2.03. The number of hydrogen-bond donors (Lipinski definition) is 1. The van der Waals surface area contributed by atoms with E-state index < -0.39 is 0 Å². The first-order valence-electron chi connectivity index (χ1n) is 3.04. The quantitative estimate of drug-likeness (QED) is 0.633. The molecule has 10 heavy (non-hydrogen) atoms. The molecule has 0 heterocycles. The van der Waals surface area contributed by atoms with Gasteiger partial charge in [0.2, 0.25) is 0 Å². The van der Waals surface area contributed by atoms with Gasteiger partial charge in [0.25, 0.3) is 0 Å². The molecule has 1 aromatic rings. The van der Waals surface area contributed by atoms with Crippen LogP contribution in [0.25, 0.3) is 0 Å². The van der Waals surface area contributed by atoms with Crippen molar-refractivity contribution >= 4 is 0 Å². The molecule has 0 bridgehead atoms. The number of rotatable bonds is 3. The minimum atomic E-state index is -0.269. The van der Waals surface area contributed by atoms with E-state index in [0.717, 1.165) is 5.56 Å². The van der Waals surface area contributed by atoms with Crippen LogP contribution >= 0.6 is 0 Å². The Balaban J connectivity index is 2.43. The molecule has 0 fully saturated rings. The molecule has 0 spiro atoms. The van der Waals surface area contributed by atoms with Gasteiger partial charge in [-0.3, -0.25) is 0 Å². The van der Waals surface area contributed by atoms with E-state index in [4.69, 9.17) is 5.11 Å². The first-order valence-corrected chi connectivity index (χ1v) is 3.04. The zero-order chi connectivity index (χ0) is 7.23. The summed E-state index contributed by atoms with van der Waals surface area (Å²) < 4.78 is 4.65. The van der Waals surface area contributed by atoms with E-state index in [1.165, 1.54) is 6.61 Å². The van der Waals surface area contributed by atoms with Crippen molar-refractivity contribution in [2.75, 3.05) is 6.79 Å². The minimum absolute atomic E-state index is 0.269. The maximum absolute atomic E-state index is 8.27. The van der Waals surface area contributed by atoms with Gasteiger partial charge in [-0.1, -0.05) is 30.3 Å². The highest BCUT2D eigenvalue weighted by atomic mass is 16.6. The SMILES string of the molecule is OCO[CH]c1ccccc1. The van der Waals surface area contributed by atoms with Crippen molar-refractivity contribution in [3.63, 3.8) is 0 Å². The molecule has 0 saturated carbocycles. The van der Waals surface area contributed by atoms with E-state index in [1.54, 1.807) is 0 Å². The van der Waals surface area contributed by atoms with Crippen molar-refractivity contribution in [1.29, 1.82) is 0 Å². The Bertz CT molecular complexity index is 172. The van der Waals surface area contributed by atoms with Crippen LogP contribution in [0.2, 0.25) is 0 Å². The third kappa shape index (κ3) is 2.17. The van der Waals surface area contributed by atoms with Gasteiger partial charge in [-0.05, 0) is 5.56 Å². The Kier molecular flexibility index (Phi) is 2.93. The Morgan fingerprint density at radius 1 is 1.30 bits per heavy atom. The fraction of sp³-hybridized carbons (Fsp3) is 0.125. The summed E-state index contributed by atoms with van der Waals surface area (Å²) in [7, 11) is 0. The number of ether oxygens (including phenoxy) is 1. The maximum Gasteiger partial charge on any atom is 0.144 e. The Morgan fingerprint density at radius 2 is 2.00 bits per heavy atom. The molecule has 1 aromatic carbocycles. The van der Waals surface area contributed by atoms with Crippen LogP contribution in [-0.2, 0) is 4.74 Å². The second kappa shape index (κ2) is 4.04. The van der Waals surface area contributed by atoms with E-state index in [1.807, 2.05) is 30.3 Å². The second-order valence-corrected chi connectivity index (χ2v) is 1.82. The van der Waals surface area contributed by atoms with Crippen LogP contribution in [-0.4, -0.2) is 11.9 Å². The third-order valence-corrected chi connectivity index (χ3v) is 1.09. The first-order chi connectivity index (χ1) is 4.93. The second-order valence-electron chi connectivity index (χ2n) is 1.82. The van der Waals surface area contributed by atoms with Gasteiger partial charge >= 0.3 is 0 Å². The van der Waals surface area contributed by atoms with Crippen molar-refractivity contribution < 1.29 is 9.84 Å². The predicted octanol–water partition coefficient (Wildman–Crippen LogP) is 1.16. The Labute approximate surface area is 60.1 Å². The zero-order valence-electron chi connectivity index (χ0n) is 5.53. The molecule has 0 aliphatic rings. The molecule has 0 unspecified atom stereocenters. The number of aliphatic hydroxyl groups is 1. The van der Waals surface area contributed by atoms with Crippen molar-refractivity contribution in [2.45, 2.75) is 0 Å². The molecule has 0 aromatic heterocycles. The fourth-order valence-corrected chi connectivity index (χ4v) is 0.665. The zero-order valence-corrected chi connectivity index (χ0v) is 5.53. The molecule has 2 nitrogen and oxygen atoms in total. The molecular formula is C8H9O2. The van der Waals surface area contributed by atoms with Crippen LogP contribution in [0.5, 0.6) is 0 Å². The van der Waals surface area contributed by atoms with Gasteiger partial charge in [-0.25, -0.2) is 0 Å². The van der Waals surface area contributed by atoms with E-state index in [0.29, 0.717) is 0 Å². The summed E-state index contributed by atoms with van der Waals surface area (Å²) in [5, 5.41) is 8.27. The molecule has 0 saturated heterocycles. The highest BCUT2D eigenvalue weighted by Crippen LogP contribution is 2.01. The van der Waals surface area contributed by atoms with E-state index in [-0.39, 0.29) is 6.79 Å². The van der Waals surface area contributed by atoms with Crippen LogP contribution in [0, 0.1) is 6.61 Å². The molecule has 0 amide bonds. The molecule has 0 aliphatic heterocycles. The Morgan fingerprint density at radius 3 is 2.60 bits per heavy atom. The van der Waals surface area contributed by atoms with Crippen LogP contribution in [0.3, 0.4) is 0 Å². The lowest BCUT2D eigenvalue weighted by Crippen LogP contribution is -1.89. The molecule has 0 atom stereocenters. The van der Waals surface area contributed by atoms with Crippen molar-refractivity contribution in [3.8, 4) is 0 Å². The number of benzene rings is 1. The van der Waals surface area contributed by atoms with Gasteiger partial charge in [0.15, 0.2) is 0 Å². The van der Waals surface area contributed by atoms with E-state index in [9.17, 15) is 0 Å². The lowest BCUT2D eigenvalue weighted by molar-refractivity contribution is 0.0413. The van der Waals surface area contributed by atoms with Crippen LogP contribution in [0.15, 0.2) is 30.3 Å². The molecular weight excluding hydrogens is 128 g/mol. The van der Waals surface area contributed by atoms with Crippen molar-refractivity contribution in [1.82, 2.24) is 0 Å². The molecule has 53 valence electrons. The van der Waals surface area contributed by atoms with Gasteiger partial charge in [-0.15, -0.1) is 0 Å². The summed E-state index contributed by atoms with van der Waals surface area (Å²) in [6.45, 7) is 1.24. The fourth-order valence-electron chi connectivity index (χ4n) is 0.665. The van der Waals surface area contributed by atoms with Gasteiger partial charge in [-0.2, -0.15) is 0 Å². The van der Waals surface area contributed by atoms with Crippen molar-refractivity contribution in [3.05, 3.63) is 42.5 Å². The van der Waals surface area contributed by atoms with Gasteiger partial charge in [0, 0.05) is 0 Å². The summed E-state index contributed by atoms with van der Waals surface area (Å²) in [5.41, 5.74) is 0.955. The molecule has 2 heteroatoms. The predicted molar refractivity (Wildman–Crippen MR) is 38.0 cm³/mol. The highest BCUT2D eigenvalue weighted by Gasteiger charge is 1.88. The molecule has 1 rings (SSSR count). The number of hydrogen-bond acceptors (Lipinski definition) is 2. The van der Waals surface area contributed by atoms with Gasteiger partial charge in [0.1, 0.15) is 13.4 Å². The minimum Gasteiger partial charge on any atom is -0.371 e. The summed E-state index contributed by atoms with van der Waals surface area (Å²) >= 11 is 0. The summed E-state index contributed by atoms with van der Waals surface area (Å²) in [6.07, 6.45) is 0. The highest BCUT2D eigenvalue weighted by molar-refractivity contribution is 5.19.